The van der Waals surface area contributed by atoms with Gasteiger partial charge in [0.15, 0.2) is 0 Å². The third-order valence-electron chi connectivity index (χ3n) is 3.67. The second-order valence-corrected chi connectivity index (χ2v) is 5.26. The summed E-state index contributed by atoms with van der Waals surface area (Å²) in [5.74, 6) is 0.323. The quantitative estimate of drug-likeness (QED) is 0.734. The molecule has 4 heteroatoms. The molecule has 0 aromatic rings. The van der Waals surface area contributed by atoms with E-state index in [1.165, 1.54) is 0 Å². The molecular weight excluding hydrogens is 226 g/mol. The number of amides is 1. The fraction of sp³-hybridized carbons (Fsp3) is 0.857. The predicted octanol–water partition coefficient (Wildman–Crippen LogP) is 1.92. The summed E-state index contributed by atoms with van der Waals surface area (Å²) in [6.07, 6.45) is 5.18. The van der Waals surface area contributed by atoms with Gasteiger partial charge in [-0.1, -0.05) is 26.7 Å². The SMILES string of the molecule is CCCCC(C)C(=O)NC1CCN(CC#N)CC1. The maximum absolute atomic E-state index is 11.9. The molecule has 1 rings (SSSR count). The molecule has 4 nitrogen and oxygen atoms in total. The molecule has 1 atom stereocenters. The van der Waals surface area contributed by atoms with E-state index in [1.807, 2.05) is 6.92 Å². The number of likely N-dealkylation sites (tertiary alicyclic amines) is 1. The monoisotopic (exact) mass is 251 g/mol. The summed E-state index contributed by atoms with van der Waals surface area (Å²) >= 11 is 0. The van der Waals surface area contributed by atoms with Gasteiger partial charge in [0.1, 0.15) is 0 Å². The first-order chi connectivity index (χ1) is 8.67. The molecule has 1 aliphatic rings. The zero-order chi connectivity index (χ0) is 13.4. The van der Waals surface area contributed by atoms with Crippen molar-refractivity contribution in [1.82, 2.24) is 10.2 Å². The topological polar surface area (TPSA) is 56.1 Å². The smallest absolute Gasteiger partial charge is 0.223 e. The van der Waals surface area contributed by atoms with Crippen LogP contribution < -0.4 is 5.32 Å². The van der Waals surface area contributed by atoms with E-state index in [9.17, 15) is 4.79 Å². The largest absolute Gasteiger partial charge is 0.353 e. The molecule has 18 heavy (non-hydrogen) atoms. The van der Waals surface area contributed by atoms with Crippen LogP contribution >= 0.6 is 0 Å². The Morgan fingerprint density at radius 1 is 1.50 bits per heavy atom. The summed E-state index contributed by atoms with van der Waals surface area (Å²) in [4.78, 5) is 14.1. The third kappa shape index (κ3) is 5.05. The van der Waals surface area contributed by atoms with E-state index < -0.39 is 0 Å². The number of piperidine rings is 1. The van der Waals surface area contributed by atoms with Gasteiger partial charge < -0.3 is 5.32 Å². The van der Waals surface area contributed by atoms with Crippen LogP contribution in [0.25, 0.3) is 0 Å². The maximum atomic E-state index is 11.9. The van der Waals surface area contributed by atoms with Gasteiger partial charge in [0.05, 0.1) is 12.6 Å². The van der Waals surface area contributed by atoms with Gasteiger partial charge in [-0.05, 0) is 19.3 Å². The van der Waals surface area contributed by atoms with Gasteiger partial charge in [0, 0.05) is 25.0 Å². The van der Waals surface area contributed by atoms with Crippen molar-refractivity contribution in [1.29, 1.82) is 5.26 Å². The molecule has 0 bridgehead atoms. The number of nitriles is 1. The van der Waals surface area contributed by atoms with Crippen LogP contribution in [0.3, 0.4) is 0 Å². The number of hydrogen-bond acceptors (Lipinski definition) is 3. The Morgan fingerprint density at radius 2 is 2.17 bits per heavy atom. The van der Waals surface area contributed by atoms with Crippen LogP contribution in [0.1, 0.15) is 46.0 Å². The molecule has 1 saturated heterocycles. The molecule has 0 aliphatic carbocycles. The van der Waals surface area contributed by atoms with Crippen molar-refractivity contribution in [3.05, 3.63) is 0 Å². The maximum Gasteiger partial charge on any atom is 0.223 e. The van der Waals surface area contributed by atoms with Crippen molar-refractivity contribution in [2.24, 2.45) is 5.92 Å². The highest BCUT2D eigenvalue weighted by atomic mass is 16.1. The first-order valence-electron chi connectivity index (χ1n) is 7.07. The van der Waals surface area contributed by atoms with Gasteiger partial charge in [-0.25, -0.2) is 0 Å². The molecule has 1 aliphatic heterocycles. The molecule has 1 N–H and O–H groups in total. The lowest BCUT2D eigenvalue weighted by molar-refractivity contribution is -0.125. The molecule has 102 valence electrons. The summed E-state index contributed by atoms with van der Waals surface area (Å²) in [6.45, 7) is 6.50. The number of carbonyl (C=O) groups is 1. The van der Waals surface area contributed by atoms with Crippen LogP contribution in [-0.2, 0) is 4.79 Å². The molecule has 1 fully saturated rings. The summed E-state index contributed by atoms with van der Waals surface area (Å²) in [7, 11) is 0. The Hall–Kier alpha value is -1.08. The van der Waals surface area contributed by atoms with E-state index in [-0.39, 0.29) is 11.8 Å². The van der Waals surface area contributed by atoms with E-state index in [0.717, 1.165) is 45.2 Å². The van der Waals surface area contributed by atoms with E-state index in [1.54, 1.807) is 0 Å². The molecular formula is C14H25N3O. The van der Waals surface area contributed by atoms with Gasteiger partial charge in [-0.3, -0.25) is 9.69 Å². The van der Waals surface area contributed by atoms with E-state index in [4.69, 9.17) is 5.26 Å². The lowest BCUT2D eigenvalue weighted by atomic mass is 10.0. The minimum atomic E-state index is 0.127. The second-order valence-electron chi connectivity index (χ2n) is 5.26. The number of nitrogens with one attached hydrogen (secondary N) is 1. The van der Waals surface area contributed by atoms with Crippen LogP contribution in [-0.4, -0.2) is 36.5 Å². The Balaban J connectivity index is 2.24. The highest BCUT2D eigenvalue weighted by Crippen LogP contribution is 2.12. The van der Waals surface area contributed by atoms with E-state index >= 15 is 0 Å². The molecule has 0 aromatic heterocycles. The van der Waals surface area contributed by atoms with Crippen LogP contribution in [0.4, 0.5) is 0 Å². The normalized spacial score (nSPS) is 19.2. The highest BCUT2D eigenvalue weighted by Gasteiger charge is 2.22. The number of nitrogens with zero attached hydrogens (tertiary/aromatic N) is 2. The summed E-state index contributed by atoms with van der Waals surface area (Å²) in [5, 5.41) is 11.8. The Bertz CT molecular complexity index is 290. The van der Waals surface area contributed by atoms with Crippen molar-refractivity contribution >= 4 is 5.91 Å². The van der Waals surface area contributed by atoms with Crippen molar-refractivity contribution < 1.29 is 4.79 Å². The number of carbonyl (C=O) groups excluding carboxylic acids is 1. The Morgan fingerprint density at radius 3 is 2.72 bits per heavy atom. The average molecular weight is 251 g/mol. The number of unbranched alkanes of at least 4 members (excludes halogenated alkanes) is 1. The number of hydrogen-bond donors (Lipinski definition) is 1. The molecule has 1 amide bonds. The Kier molecular flexibility index (Phi) is 6.74. The number of rotatable bonds is 6. The molecule has 0 aromatic carbocycles. The fourth-order valence-corrected chi connectivity index (χ4v) is 2.32. The van der Waals surface area contributed by atoms with Gasteiger partial charge in [0.25, 0.3) is 0 Å². The third-order valence-corrected chi connectivity index (χ3v) is 3.67. The molecule has 0 spiro atoms. The van der Waals surface area contributed by atoms with Crippen molar-refractivity contribution in [2.75, 3.05) is 19.6 Å². The van der Waals surface area contributed by atoms with Crippen molar-refractivity contribution in [3.63, 3.8) is 0 Å². The van der Waals surface area contributed by atoms with Gasteiger partial charge in [-0.2, -0.15) is 5.26 Å². The minimum absolute atomic E-state index is 0.127. The average Bonchev–Trinajstić information content (AvgIpc) is 2.38. The standard InChI is InChI=1S/C14H25N3O/c1-3-4-5-12(2)14(18)16-13-6-9-17(10-7-13)11-8-15/h12-13H,3-7,9-11H2,1-2H3,(H,16,18). The van der Waals surface area contributed by atoms with Gasteiger partial charge in [0.2, 0.25) is 5.91 Å². The zero-order valence-corrected chi connectivity index (χ0v) is 11.6. The fourth-order valence-electron chi connectivity index (χ4n) is 2.32. The highest BCUT2D eigenvalue weighted by molar-refractivity contribution is 5.78. The lowest BCUT2D eigenvalue weighted by Crippen LogP contribution is -2.46. The van der Waals surface area contributed by atoms with E-state index in [0.29, 0.717) is 12.6 Å². The predicted molar refractivity (Wildman–Crippen MR) is 71.9 cm³/mol. The van der Waals surface area contributed by atoms with Crippen LogP contribution in [0, 0.1) is 17.2 Å². The summed E-state index contributed by atoms with van der Waals surface area (Å²) in [5.41, 5.74) is 0. The molecule has 1 unspecified atom stereocenters. The Labute approximate surface area is 110 Å². The summed E-state index contributed by atoms with van der Waals surface area (Å²) < 4.78 is 0. The van der Waals surface area contributed by atoms with Crippen LogP contribution in [0.15, 0.2) is 0 Å². The van der Waals surface area contributed by atoms with Crippen molar-refractivity contribution in [3.8, 4) is 6.07 Å². The molecule has 0 saturated carbocycles. The molecule has 0 radical (unpaired) electrons. The minimum Gasteiger partial charge on any atom is -0.353 e. The van der Waals surface area contributed by atoms with E-state index in [2.05, 4.69) is 23.2 Å². The zero-order valence-electron chi connectivity index (χ0n) is 11.6. The summed E-state index contributed by atoms with van der Waals surface area (Å²) in [6, 6.07) is 2.48. The first kappa shape index (κ1) is 15.0. The molecule has 1 heterocycles. The van der Waals surface area contributed by atoms with Crippen LogP contribution in [0.2, 0.25) is 0 Å². The van der Waals surface area contributed by atoms with Gasteiger partial charge in [-0.15, -0.1) is 0 Å². The second kappa shape index (κ2) is 8.10. The van der Waals surface area contributed by atoms with Gasteiger partial charge >= 0.3 is 0 Å². The van der Waals surface area contributed by atoms with Crippen molar-refractivity contribution in [2.45, 2.75) is 52.0 Å². The lowest BCUT2D eigenvalue weighted by Gasteiger charge is -2.31. The first-order valence-corrected chi connectivity index (χ1v) is 7.07. The van der Waals surface area contributed by atoms with Crippen LogP contribution in [0.5, 0.6) is 0 Å².